The van der Waals surface area contributed by atoms with E-state index in [-0.39, 0.29) is 5.69 Å². The van der Waals surface area contributed by atoms with Gasteiger partial charge in [0.15, 0.2) is 11.5 Å². The number of aromatic nitrogens is 4. The summed E-state index contributed by atoms with van der Waals surface area (Å²) in [6.07, 6.45) is 0. The third-order valence-electron chi connectivity index (χ3n) is 3.31. The second-order valence-electron chi connectivity index (χ2n) is 5.65. The molecule has 2 heterocycles. The van der Waals surface area contributed by atoms with Gasteiger partial charge in [-0.1, -0.05) is 19.9 Å². The van der Waals surface area contributed by atoms with Crippen LogP contribution in [0.5, 0.6) is 0 Å². The smallest absolute Gasteiger partial charge is 0.322 e. The van der Waals surface area contributed by atoms with Crippen molar-refractivity contribution in [1.82, 2.24) is 19.5 Å². The highest BCUT2D eigenvalue weighted by atomic mass is 16.2. The van der Waals surface area contributed by atoms with Crippen molar-refractivity contribution in [3.63, 3.8) is 0 Å². The zero-order valence-corrected chi connectivity index (χ0v) is 12.2. The highest BCUT2D eigenvalue weighted by Crippen LogP contribution is 2.22. The standard InChI is InChI=1S/C15H16N4O2/c1-8(2)7-19-11-5-4-9(3)6-10(11)16-12-13(19)17-15(21)18-14(12)20/h4-6,8H,7H2,1-3H3,(H,18,20,21). The van der Waals surface area contributed by atoms with Crippen LogP contribution in [0.2, 0.25) is 0 Å². The molecule has 0 bridgehead atoms. The summed E-state index contributed by atoms with van der Waals surface area (Å²) >= 11 is 0. The maximum Gasteiger partial charge on any atom is 0.349 e. The van der Waals surface area contributed by atoms with Crippen molar-refractivity contribution in [2.24, 2.45) is 5.92 Å². The Morgan fingerprint density at radius 3 is 2.71 bits per heavy atom. The van der Waals surface area contributed by atoms with Crippen molar-refractivity contribution in [2.45, 2.75) is 27.3 Å². The highest BCUT2D eigenvalue weighted by molar-refractivity contribution is 5.79. The Labute approximate surface area is 120 Å². The average molecular weight is 284 g/mol. The summed E-state index contributed by atoms with van der Waals surface area (Å²) in [5.74, 6) is 0.690. The average Bonchev–Trinajstić information content (AvgIpc) is 2.39. The van der Waals surface area contributed by atoms with Gasteiger partial charge in [-0.2, -0.15) is 4.98 Å². The molecule has 2 aliphatic heterocycles. The van der Waals surface area contributed by atoms with Gasteiger partial charge in [-0.25, -0.2) is 9.78 Å². The number of aryl methyl sites for hydroxylation is 1. The molecule has 0 fully saturated rings. The third-order valence-corrected chi connectivity index (χ3v) is 3.31. The Morgan fingerprint density at radius 1 is 1.24 bits per heavy atom. The molecule has 108 valence electrons. The lowest BCUT2D eigenvalue weighted by atomic mass is 10.1. The first-order valence-corrected chi connectivity index (χ1v) is 6.87. The van der Waals surface area contributed by atoms with E-state index in [4.69, 9.17) is 0 Å². The van der Waals surface area contributed by atoms with Crippen LogP contribution in [0.3, 0.4) is 0 Å². The van der Waals surface area contributed by atoms with Crippen molar-refractivity contribution in [2.75, 3.05) is 0 Å². The second kappa shape index (κ2) is 4.80. The highest BCUT2D eigenvalue weighted by Gasteiger charge is 2.18. The number of rotatable bonds is 2. The fourth-order valence-electron chi connectivity index (χ4n) is 2.46. The topological polar surface area (TPSA) is 80.6 Å². The predicted molar refractivity (Wildman–Crippen MR) is 80.6 cm³/mol. The van der Waals surface area contributed by atoms with Crippen molar-refractivity contribution in [1.29, 1.82) is 0 Å². The summed E-state index contributed by atoms with van der Waals surface area (Å²) in [6, 6.07) is 5.86. The molecule has 0 radical (unpaired) electrons. The minimum Gasteiger partial charge on any atom is -0.322 e. The van der Waals surface area contributed by atoms with Crippen LogP contribution >= 0.6 is 0 Å². The fraction of sp³-hybridized carbons (Fsp3) is 0.333. The van der Waals surface area contributed by atoms with Crippen molar-refractivity contribution in [3.8, 4) is 11.5 Å². The van der Waals surface area contributed by atoms with Crippen LogP contribution in [0.4, 0.5) is 0 Å². The molecular formula is C15H16N4O2. The van der Waals surface area contributed by atoms with Gasteiger partial charge < -0.3 is 4.57 Å². The lowest BCUT2D eigenvalue weighted by molar-refractivity contribution is 0.530. The van der Waals surface area contributed by atoms with E-state index in [1.165, 1.54) is 0 Å². The van der Waals surface area contributed by atoms with Crippen molar-refractivity contribution >= 4 is 11.0 Å². The molecule has 0 unspecified atom stereocenters. The first-order valence-electron chi connectivity index (χ1n) is 6.87. The molecule has 6 heteroatoms. The molecule has 0 aliphatic carbocycles. The second-order valence-corrected chi connectivity index (χ2v) is 5.65. The SMILES string of the molecule is Cc1ccc2c(c1)nc1c(=O)[nH]c(=O)nc-1n2CC(C)C. The van der Waals surface area contributed by atoms with E-state index in [1.54, 1.807) is 0 Å². The summed E-state index contributed by atoms with van der Waals surface area (Å²) < 4.78 is 1.90. The molecule has 1 aromatic carbocycles. The number of benzene rings is 1. The van der Waals surface area contributed by atoms with E-state index in [2.05, 4.69) is 28.8 Å². The Hall–Kier alpha value is -2.50. The first-order chi connectivity index (χ1) is 9.95. The lowest BCUT2D eigenvalue weighted by Gasteiger charge is -2.18. The van der Waals surface area contributed by atoms with Crippen LogP contribution in [0, 0.1) is 12.8 Å². The summed E-state index contributed by atoms with van der Waals surface area (Å²) in [5.41, 5.74) is 1.74. The maximum absolute atomic E-state index is 12.0. The van der Waals surface area contributed by atoms with Gasteiger partial charge in [0.25, 0.3) is 5.56 Å². The molecule has 0 amide bonds. The van der Waals surface area contributed by atoms with Gasteiger partial charge in [0.2, 0.25) is 0 Å². The zero-order chi connectivity index (χ0) is 15.1. The molecule has 1 aromatic rings. The number of fused-ring (bicyclic) bond motifs is 2. The monoisotopic (exact) mass is 284 g/mol. The van der Waals surface area contributed by atoms with Crippen LogP contribution in [-0.4, -0.2) is 19.5 Å². The van der Waals surface area contributed by atoms with E-state index in [9.17, 15) is 9.59 Å². The number of H-pyrrole nitrogens is 1. The normalized spacial score (nSPS) is 11.6. The predicted octanol–water partition coefficient (Wildman–Crippen LogP) is 1.55. The minimum absolute atomic E-state index is 0.202. The summed E-state index contributed by atoms with van der Waals surface area (Å²) in [6.45, 7) is 6.78. The summed E-state index contributed by atoms with van der Waals surface area (Å²) in [4.78, 5) is 34.0. The lowest BCUT2D eigenvalue weighted by Crippen LogP contribution is -2.29. The molecule has 0 aromatic heterocycles. The summed E-state index contributed by atoms with van der Waals surface area (Å²) in [7, 11) is 0. The Kier molecular flexibility index (Phi) is 3.08. The quantitative estimate of drug-likeness (QED) is 0.724. The minimum atomic E-state index is -0.640. The maximum atomic E-state index is 12.0. The van der Waals surface area contributed by atoms with Crippen LogP contribution in [0.25, 0.3) is 22.6 Å². The fourth-order valence-corrected chi connectivity index (χ4v) is 2.46. The van der Waals surface area contributed by atoms with Gasteiger partial charge in [-0.15, -0.1) is 0 Å². The van der Waals surface area contributed by atoms with E-state index < -0.39 is 11.2 Å². The first kappa shape index (κ1) is 13.5. The van der Waals surface area contributed by atoms with Gasteiger partial charge in [-0.3, -0.25) is 9.78 Å². The van der Waals surface area contributed by atoms with Crippen molar-refractivity contribution in [3.05, 3.63) is 44.6 Å². The molecule has 2 aliphatic rings. The zero-order valence-electron chi connectivity index (χ0n) is 12.2. The molecule has 0 spiro atoms. The van der Waals surface area contributed by atoms with Gasteiger partial charge >= 0.3 is 5.69 Å². The third kappa shape index (κ3) is 2.33. The molecule has 6 nitrogen and oxygen atoms in total. The molecule has 0 saturated carbocycles. The number of nitrogens with one attached hydrogen (secondary N) is 1. The molecule has 0 atom stereocenters. The Bertz CT molecular complexity index is 908. The van der Waals surface area contributed by atoms with Gasteiger partial charge in [0.05, 0.1) is 11.0 Å². The number of aromatic amines is 1. The van der Waals surface area contributed by atoms with Gasteiger partial charge in [-0.05, 0) is 30.5 Å². The van der Waals surface area contributed by atoms with Crippen molar-refractivity contribution < 1.29 is 0 Å². The molecule has 0 saturated heterocycles. The van der Waals surface area contributed by atoms with E-state index in [1.807, 2.05) is 29.7 Å². The van der Waals surface area contributed by atoms with E-state index in [0.29, 0.717) is 18.3 Å². The molecule has 3 rings (SSSR count). The van der Waals surface area contributed by atoms with Gasteiger partial charge in [0, 0.05) is 6.54 Å². The van der Waals surface area contributed by atoms with E-state index in [0.717, 1.165) is 16.6 Å². The largest absolute Gasteiger partial charge is 0.349 e. The number of hydrogen-bond acceptors (Lipinski definition) is 4. The molecular weight excluding hydrogens is 268 g/mol. The van der Waals surface area contributed by atoms with Crippen LogP contribution in [0.1, 0.15) is 19.4 Å². The van der Waals surface area contributed by atoms with Crippen LogP contribution < -0.4 is 11.2 Å². The van der Waals surface area contributed by atoms with Crippen LogP contribution in [-0.2, 0) is 6.54 Å². The Morgan fingerprint density at radius 2 is 2.00 bits per heavy atom. The number of nitrogens with zero attached hydrogens (tertiary/aromatic N) is 3. The molecule has 1 N–H and O–H groups in total. The Balaban J connectivity index is 2.50. The van der Waals surface area contributed by atoms with E-state index >= 15 is 0 Å². The van der Waals surface area contributed by atoms with Gasteiger partial charge in [0.1, 0.15) is 0 Å². The molecule has 21 heavy (non-hydrogen) atoms. The summed E-state index contributed by atoms with van der Waals surface area (Å²) in [5, 5.41) is 0. The van der Waals surface area contributed by atoms with Crippen LogP contribution in [0.15, 0.2) is 27.8 Å². The number of hydrogen-bond donors (Lipinski definition) is 1.